The van der Waals surface area contributed by atoms with Gasteiger partial charge in [0.05, 0.1) is 47.0 Å². The highest BCUT2D eigenvalue weighted by Gasteiger charge is 2.18. The molecule has 3 aromatic heterocycles. The van der Waals surface area contributed by atoms with E-state index in [1.165, 1.54) is 0 Å². The van der Waals surface area contributed by atoms with Crippen molar-refractivity contribution in [2.45, 2.75) is 24.8 Å². The molecule has 1 unspecified atom stereocenters. The Labute approximate surface area is 158 Å². The summed E-state index contributed by atoms with van der Waals surface area (Å²) in [5.41, 5.74) is 4.54. The van der Waals surface area contributed by atoms with Crippen LogP contribution in [0, 0.1) is 13.8 Å². The van der Waals surface area contributed by atoms with Crippen LogP contribution in [0.5, 0.6) is 5.75 Å². The van der Waals surface area contributed by atoms with Crippen molar-refractivity contribution in [2.24, 2.45) is 4.99 Å². The van der Waals surface area contributed by atoms with Crippen molar-refractivity contribution in [3.8, 4) is 5.75 Å². The molecule has 9 heteroatoms. The van der Waals surface area contributed by atoms with Gasteiger partial charge in [-0.1, -0.05) is 0 Å². The lowest BCUT2D eigenvalue weighted by molar-refractivity contribution is 0.348. The van der Waals surface area contributed by atoms with Crippen LogP contribution in [0.4, 0.5) is 0 Å². The first-order chi connectivity index (χ1) is 13.1. The molecule has 0 saturated heterocycles. The Morgan fingerprint density at radius 3 is 2.89 bits per heavy atom. The van der Waals surface area contributed by atoms with Crippen LogP contribution < -0.4 is 4.74 Å². The standard InChI is InChI=1S/C18H19N5O3S/c1-10-7-20-14(11(2)15(10)25-3)9-27(24)18-22-13-6-12(8-21-16(13)23-18)17-19-4-5-26-17/h6-8H,4-5,9H2,1-3H3,(H,21,22,23). The Hall–Kier alpha value is -2.81. The quantitative estimate of drug-likeness (QED) is 0.721. The van der Waals surface area contributed by atoms with Gasteiger partial charge in [0.25, 0.3) is 0 Å². The van der Waals surface area contributed by atoms with Crippen LogP contribution in [0.2, 0.25) is 0 Å². The maximum Gasteiger partial charge on any atom is 0.217 e. The van der Waals surface area contributed by atoms with Gasteiger partial charge in [-0.05, 0) is 19.9 Å². The third kappa shape index (κ3) is 3.30. The summed E-state index contributed by atoms with van der Waals surface area (Å²) in [5, 5.41) is 0.365. The summed E-state index contributed by atoms with van der Waals surface area (Å²) in [6.45, 7) is 5.08. The average molecular weight is 385 g/mol. The molecule has 0 spiro atoms. The molecule has 0 fully saturated rings. The molecule has 140 valence electrons. The monoisotopic (exact) mass is 385 g/mol. The molecule has 4 heterocycles. The van der Waals surface area contributed by atoms with E-state index in [2.05, 4.69) is 24.9 Å². The fraction of sp³-hybridized carbons (Fsp3) is 0.333. The lowest BCUT2D eigenvalue weighted by Crippen LogP contribution is -2.05. The molecule has 27 heavy (non-hydrogen) atoms. The average Bonchev–Trinajstić information content (AvgIpc) is 3.33. The number of fused-ring (bicyclic) bond motifs is 1. The van der Waals surface area contributed by atoms with Crippen LogP contribution in [0.15, 0.2) is 28.6 Å². The highest BCUT2D eigenvalue weighted by molar-refractivity contribution is 7.84. The minimum absolute atomic E-state index is 0.241. The second-order valence-electron chi connectivity index (χ2n) is 6.21. The number of aromatic nitrogens is 4. The number of aliphatic imine (C=N–C) groups is 1. The Bertz CT molecular complexity index is 1080. The van der Waals surface area contributed by atoms with E-state index in [0.29, 0.717) is 35.4 Å². The minimum atomic E-state index is -1.39. The number of H-pyrrole nitrogens is 1. The molecule has 4 rings (SSSR count). The third-order valence-electron chi connectivity index (χ3n) is 4.38. The lowest BCUT2D eigenvalue weighted by atomic mass is 10.1. The minimum Gasteiger partial charge on any atom is -0.496 e. The van der Waals surface area contributed by atoms with Crippen LogP contribution in [-0.2, 0) is 21.3 Å². The van der Waals surface area contributed by atoms with Crippen molar-refractivity contribution in [1.82, 2.24) is 19.9 Å². The van der Waals surface area contributed by atoms with Gasteiger partial charge in [0, 0.05) is 23.5 Å². The first-order valence-electron chi connectivity index (χ1n) is 8.47. The summed E-state index contributed by atoms with van der Waals surface area (Å²) in [6.07, 6.45) is 3.39. The van der Waals surface area contributed by atoms with Crippen molar-refractivity contribution in [2.75, 3.05) is 20.3 Å². The number of pyridine rings is 2. The SMILES string of the molecule is COc1c(C)cnc(CS(=O)c2nc3ncc(C4=NCCO4)cc3[nH]2)c1C. The van der Waals surface area contributed by atoms with Crippen molar-refractivity contribution < 1.29 is 13.7 Å². The van der Waals surface area contributed by atoms with Gasteiger partial charge in [0.1, 0.15) is 12.4 Å². The van der Waals surface area contributed by atoms with Crippen molar-refractivity contribution >= 4 is 27.9 Å². The van der Waals surface area contributed by atoms with Crippen LogP contribution in [0.1, 0.15) is 22.4 Å². The molecular formula is C18H19N5O3S. The summed E-state index contributed by atoms with van der Waals surface area (Å²) < 4.78 is 23.7. The van der Waals surface area contributed by atoms with E-state index in [0.717, 1.165) is 28.1 Å². The first-order valence-corrected chi connectivity index (χ1v) is 9.79. The molecule has 1 aliphatic rings. The Balaban J connectivity index is 1.61. The van der Waals surface area contributed by atoms with E-state index in [4.69, 9.17) is 9.47 Å². The highest BCUT2D eigenvalue weighted by atomic mass is 32.2. The van der Waals surface area contributed by atoms with Gasteiger partial charge in [-0.25, -0.2) is 15.0 Å². The number of aromatic amines is 1. The zero-order chi connectivity index (χ0) is 19.0. The number of rotatable bonds is 5. The molecule has 8 nitrogen and oxygen atoms in total. The maximum atomic E-state index is 12.8. The molecule has 3 aromatic rings. The molecule has 0 aromatic carbocycles. The molecule has 1 N–H and O–H groups in total. The van der Waals surface area contributed by atoms with Crippen molar-refractivity contribution in [1.29, 1.82) is 0 Å². The summed E-state index contributed by atoms with van der Waals surface area (Å²) in [6, 6.07) is 1.86. The molecule has 0 amide bonds. The summed E-state index contributed by atoms with van der Waals surface area (Å²) in [7, 11) is 0.233. The number of methoxy groups -OCH3 is 1. The van der Waals surface area contributed by atoms with E-state index < -0.39 is 10.8 Å². The largest absolute Gasteiger partial charge is 0.496 e. The topological polar surface area (TPSA) is 102 Å². The number of aryl methyl sites for hydroxylation is 1. The van der Waals surface area contributed by atoms with Crippen LogP contribution in [0.3, 0.4) is 0 Å². The molecule has 0 saturated carbocycles. The summed E-state index contributed by atoms with van der Waals surface area (Å²) in [5.74, 6) is 1.59. The van der Waals surface area contributed by atoms with Crippen LogP contribution in [-0.4, -0.2) is 50.3 Å². The van der Waals surface area contributed by atoms with E-state index in [1.807, 2.05) is 19.9 Å². The smallest absolute Gasteiger partial charge is 0.217 e. The van der Waals surface area contributed by atoms with Crippen LogP contribution >= 0.6 is 0 Å². The van der Waals surface area contributed by atoms with Crippen LogP contribution in [0.25, 0.3) is 11.2 Å². The number of nitrogens with one attached hydrogen (secondary N) is 1. The van der Waals surface area contributed by atoms with Gasteiger partial charge in [-0.15, -0.1) is 0 Å². The fourth-order valence-corrected chi connectivity index (χ4v) is 4.11. The van der Waals surface area contributed by atoms with Gasteiger partial charge in [0.2, 0.25) is 5.90 Å². The normalized spacial score (nSPS) is 14.9. The Morgan fingerprint density at radius 2 is 2.15 bits per heavy atom. The third-order valence-corrected chi connectivity index (χ3v) is 5.54. The molecule has 1 atom stereocenters. The number of hydrogen-bond acceptors (Lipinski definition) is 7. The lowest BCUT2D eigenvalue weighted by Gasteiger charge is -2.11. The Kier molecular flexibility index (Phi) is 4.61. The highest BCUT2D eigenvalue weighted by Crippen LogP contribution is 2.25. The maximum absolute atomic E-state index is 12.8. The van der Waals surface area contributed by atoms with E-state index in [1.54, 1.807) is 19.5 Å². The summed E-state index contributed by atoms with van der Waals surface area (Å²) in [4.78, 5) is 20.5. The predicted molar refractivity (Wildman–Crippen MR) is 102 cm³/mol. The van der Waals surface area contributed by atoms with E-state index in [-0.39, 0.29) is 5.75 Å². The summed E-state index contributed by atoms with van der Waals surface area (Å²) >= 11 is 0. The van der Waals surface area contributed by atoms with E-state index in [9.17, 15) is 4.21 Å². The predicted octanol–water partition coefficient (Wildman–Crippen LogP) is 2.06. The number of imidazole rings is 1. The fourth-order valence-electron chi connectivity index (χ4n) is 3.02. The van der Waals surface area contributed by atoms with E-state index >= 15 is 0 Å². The number of hydrogen-bond donors (Lipinski definition) is 1. The van der Waals surface area contributed by atoms with Gasteiger partial charge in [0.15, 0.2) is 10.8 Å². The Morgan fingerprint density at radius 1 is 1.30 bits per heavy atom. The van der Waals surface area contributed by atoms with Crippen molar-refractivity contribution in [3.63, 3.8) is 0 Å². The van der Waals surface area contributed by atoms with Gasteiger partial charge < -0.3 is 14.5 Å². The number of ether oxygens (including phenoxy) is 2. The first kappa shape index (κ1) is 17.6. The van der Waals surface area contributed by atoms with Crippen molar-refractivity contribution in [3.05, 3.63) is 40.8 Å². The van der Waals surface area contributed by atoms with Gasteiger partial charge >= 0.3 is 0 Å². The zero-order valence-corrected chi connectivity index (χ0v) is 16.1. The second kappa shape index (κ2) is 7.07. The van der Waals surface area contributed by atoms with Gasteiger partial charge in [-0.3, -0.25) is 9.19 Å². The molecule has 0 bridgehead atoms. The molecular weight excluding hydrogens is 366 g/mol. The zero-order valence-electron chi connectivity index (χ0n) is 15.3. The molecule has 1 aliphatic heterocycles. The second-order valence-corrected chi connectivity index (χ2v) is 7.57. The number of nitrogens with zero attached hydrogens (tertiary/aromatic N) is 4. The molecule has 0 aliphatic carbocycles. The molecule has 0 radical (unpaired) electrons. The van der Waals surface area contributed by atoms with Gasteiger partial charge in [-0.2, -0.15) is 0 Å².